The van der Waals surface area contributed by atoms with Gasteiger partial charge in [-0.15, -0.1) is 12.4 Å². The fraction of sp³-hybridized carbons (Fsp3) is 0.417. The second kappa shape index (κ2) is 8.91. The molecule has 114 valence electrons. The summed E-state index contributed by atoms with van der Waals surface area (Å²) in [7, 11) is -3.19. The van der Waals surface area contributed by atoms with Crippen LogP contribution in [0.25, 0.3) is 0 Å². The first-order chi connectivity index (χ1) is 8.90. The lowest BCUT2D eigenvalue weighted by Gasteiger charge is -2.06. The molecule has 1 rings (SSSR count). The molecule has 0 spiro atoms. The molecule has 0 radical (unpaired) electrons. The highest BCUT2D eigenvalue weighted by atomic mass is 35.5. The summed E-state index contributed by atoms with van der Waals surface area (Å²) in [5.74, 6) is -0.0764. The van der Waals surface area contributed by atoms with Crippen LogP contribution in [0, 0.1) is 0 Å². The van der Waals surface area contributed by atoms with E-state index in [1.165, 1.54) is 0 Å². The maximum absolute atomic E-state index is 11.5. The van der Waals surface area contributed by atoms with Crippen molar-refractivity contribution < 1.29 is 13.2 Å². The van der Waals surface area contributed by atoms with Crippen LogP contribution < -0.4 is 15.8 Å². The van der Waals surface area contributed by atoms with E-state index < -0.39 is 10.0 Å². The zero-order valence-corrected chi connectivity index (χ0v) is 12.9. The van der Waals surface area contributed by atoms with Crippen LogP contribution in [0.4, 0.5) is 5.69 Å². The highest BCUT2D eigenvalue weighted by Gasteiger charge is 2.03. The molecule has 0 fully saturated rings. The summed E-state index contributed by atoms with van der Waals surface area (Å²) in [5, 5.41) is 2.74. The summed E-state index contributed by atoms with van der Waals surface area (Å²) in [5.41, 5.74) is 6.83. The molecule has 1 aromatic rings. The van der Waals surface area contributed by atoms with Crippen molar-refractivity contribution in [3.05, 3.63) is 29.8 Å². The number of nitrogens with one attached hydrogen (secondary N) is 2. The van der Waals surface area contributed by atoms with Crippen LogP contribution in [0.1, 0.15) is 18.4 Å². The van der Waals surface area contributed by atoms with Crippen molar-refractivity contribution in [2.45, 2.75) is 19.4 Å². The smallest absolute Gasteiger partial charge is 0.224 e. The van der Waals surface area contributed by atoms with Crippen LogP contribution in [0.15, 0.2) is 24.3 Å². The molecule has 0 saturated heterocycles. The summed E-state index contributed by atoms with van der Waals surface area (Å²) in [6.45, 7) is 0.726. The monoisotopic (exact) mass is 321 g/mol. The van der Waals surface area contributed by atoms with Gasteiger partial charge in [0.1, 0.15) is 0 Å². The second-order valence-corrected chi connectivity index (χ2v) is 6.06. The first-order valence-electron chi connectivity index (χ1n) is 5.94. The molecule has 0 aliphatic carbocycles. The fourth-order valence-corrected chi connectivity index (χ4v) is 1.84. The van der Waals surface area contributed by atoms with E-state index in [4.69, 9.17) is 5.73 Å². The van der Waals surface area contributed by atoms with Crippen molar-refractivity contribution in [3.63, 3.8) is 0 Å². The molecule has 0 unspecified atom stereocenters. The Morgan fingerprint density at radius 1 is 1.25 bits per heavy atom. The van der Waals surface area contributed by atoms with Gasteiger partial charge in [-0.3, -0.25) is 4.79 Å². The average molecular weight is 322 g/mol. The summed E-state index contributed by atoms with van der Waals surface area (Å²) in [4.78, 5) is 11.5. The van der Waals surface area contributed by atoms with E-state index in [0.29, 0.717) is 25.1 Å². The molecule has 0 saturated carbocycles. The van der Waals surface area contributed by atoms with Crippen LogP contribution in [-0.2, 0) is 21.4 Å². The van der Waals surface area contributed by atoms with Crippen LogP contribution in [0.5, 0.6) is 0 Å². The number of sulfonamides is 1. The molecule has 1 amide bonds. The van der Waals surface area contributed by atoms with E-state index in [9.17, 15) is 13.2 Å². The van der Waals surface area contributed by atoms with Crippen molar-refractivity contribution in [2.24, 2.45) is 5.73 Å². The van der Waals surface area contributed by atoms with Gasteiger partial charge in [0, 0.05) is 18.7 Å². The van der Waals surface area contributed by atoms with Gasteiger partial charge >= 0.3 is 0 Å². The van der Waals surface area contributed by atoms with Gasteiger partial charge < -0.3 is 11.1 Å². The Labute approximate surface area is 125 Å². The third kappa shape index (κ3) is 8.11. The molecule has 20 heavy (non-hydrogen) atoms. The number of amides is 1. The molecule has 8 heteroatoms. The molecule has 0 aliphatic rings. The van der Waals surface area contributed by atoms with Crippen LogP contribution in [-0.4, -0.2) is 27.1 Å². The van der Waals surface area contributed by atoms with E-state index in [0.717, 1.165) is 11.8 Å². The molecule has 0 aliphatic heterocycles. The third-order valence-electron chi connectivity index (χ3n) is 2.38. The summed E-state index contributed by atoms with van der Waals surface area (Å²) in [6.07, 6.45) is 2.16. The minimum Gasteiger partial charge on any atom is -0.330 e. The standard InChI is InChI=1S/C12H19N3O3S.ClH/c1-19(17,18)14-9-10-4-6-11(7-5-10)15-12(16)3-2-8-13;/h4-7,14H,2-3,8-9,13H2,1H3,(H,15,16);1H. The number of hydrogen-bond donors (Lipinski definition) is 3. The molecule has 0 atom stereocenters. The van der Waals surface area contributed by atoms with Crippen molar-refractivity contribution in [1.82, 2.24) is 4.72 Å². The molecule has 4 N–H and O–H groups in total. The quantitative estimate of drug-likeness (QED) is 0.692. The Kier molecular flexibility index (Phi) is 8.40. The maximum Gasteiger partial charge on any atom is 0.224 e. The highest BCUT2D eigenvalue weighted by Crippen LogP contribution is 2.10. The molecular formula is C12H20ClN3O3S. The predicted octanol–water partition coefficient (Wildman–Crippen LogP) is 0.835. The van der Waals surface area contributed by atoms with Gasteiger partial charge in [0.05, 0.1) is 6.26 Å². The number of hydrogen-bond acceptors (Lipinski definition) is 4. The third-order valence-corrected chi connectivity index (χ3v) is 3.05. The Morgan fingerprint density at radius 3 is 2.35 bits per heavy atom. The molecule has 0 bridgehead atoms. The van der Waals surface area contributed by atoms with E-state index >= 15 is 0 Å². The first-order valence-corrected chi connectivity index (χ1v) is 7.83. The summed E-state index contributed by atoms with van der Waals surface area (Å²) < 4.78 is 24.3. The van der Waals surface area contributed by atoms with Crippen molar-refractivity contribution in [3.8, 4) is 0 Å². The van der Waals surface area contributed by atoms with Crippen molar-refractivity contribution in [1.29, 1.82) is 0 Å². The molecule has 0 aromatic heterocycles. The van der Waals surface area contributed by atoms with Gasteiger partial charge in [-0.25, -0.2) is 13.1 Å². The number of benzene rings is 1. The summed E-state index contributed by atoms with van der Waals surface area (Å²) in [6, 6.07) is 6.99. The van der Waals surface area contributed by atoms with Crippen molar-refractivity contribution >= 4 is 34.0 Å². The predicted molar refractivity (Wildman–Crippen MR) is 82.3 cm³/mol. The lowest BCUT2D eigenvalue weighted by atomic mass is 10.2. The average Bonchev–Trinajstić information content (AvgIpc) is 2.34. The first kappa shape index (κ1) is 18.9. The molecular weight excluding hydrogens is 302 g/mol. The van der Waals surface area contributed by atoms with Crippen LogP contribution in [0.2, 0.25) is 0 Å². The number of halogens is 1. The summed E-state index contributed by atoms with van der Waals surface area (Å²) >= 11 is 0. The van der Waals surface area contributed by atoms with Crippen molar-refractivity contribution in [2.75, 3.05) is 18.1 Å². The lowest BCUT2D eigenvalue weighted by Crippen LogP contribution is -2.21. The molecule has 1 aromatic carbocycles. The van der Waals surface area contributed by atoms with Gasteiger partial charge in [0.25, 0.3) is 0 Å². The van der Waals surface area contributed by atoms with Gasteiger partial charge in [-0.2, -0.15) is 0 Å². The number of rotatable bonds is 7. The minimum atomic E-state index is -3.19. The maximum atomic E-state index is 11.5. The molecule has 0 heterocycles. The number of nitrogens with two attached hydrogens (primary N) is 1. The van der Waals surface area contributed by atoms with Gasteiger partial charge in [0.15, 0.2) is 0 Å². The second-order valence-electron chi connectivity index (χ2n) is 4.23. The fourth-order valence-electron chi connectivity index (χ4n) is 1.41. The van der Waals surface area contributed by atoms with E-state index in [2.05, 4.69) is 10.0 Å². The Morgan fingerprint density at radius 2 is 1.85 bits per heavy atom. The Bertz CT molecular complexity index is 517. The van der Waals surface area contributed by atoms with E-state index in [1.54, 1.807) is 24.3 Å². The molecule has 6 nitrogen and oxygen atoms in total. The largest absolute Gasteiger partial charge is 0.330 e. The van der Waals surface area contributed by atoms with Gasteiger partial charge in [-0.05, 0) is 30.7 Å². The topological polar surface area (TPSA) is 101 Å². The zero-order valence-electron chi connectivity index (χ0n) is 11.3. The number of carbonyl (C=O) groups is 1. The van der Waals surface area contributed by atoms with E-state index in [-0.39, 0.29) is 24.9 Å². The normalized spacial score (nSPS) is 10.7. The number of carbonyl (C=O) groups excluding carboxylic acids is 1. The van der Waals surface area contributed by atoms with Gasteiger partial charge in [-0.1, -0.05) is 12.1 Å². The van der Waals surface area contributed by atoms with Crippen LogP contribution >= 0.6 is 12.4 Å². The highest BCUT2D eigenvalue weighted by molar-refractivity contribution is 7.88. The Hall–Kier alpha value is -1.15. The minimum absolute atomic E-state index is 0. The number of anilines is 1. The zero-order chi connectivity index (χ0) is 14.3. The van der Waals surface area contributed by atoms with Crippen LogP contribution in [0.3, 0.4) is 0 Å². The SMILES string of the molecule is CS(=O)(=O)NCc1ccc(NC(=O)CCCN)cc1.Cl. The van der Waals surface area contributed by atoms with Gasteiger partial charge in [0.2, 0.25) is 15.9 Å². The lowest BCUT2D eigenvalue weighted by molar-refractivity contribution is -0.116. The van der Waals surface area contributed by atoms with E-state index in [1.807, 2.05) is 0 Å². The Balaban J connectivity index is 0.00000361.